The quantitative estimate of drug-likeness (QED) is 0.793. The van der Waals surface area contributed by atoms with Crippen LogP contribution in [0, 0.1) is 0 Å². The van der Waals surface area contributed by atoms with Crippen LogP contribution in [0.3, 0.4) is 0 Å². The lowest BCUT2D eigenvalue weighted by atomic mass is 9.86. The molecule has 2 unspecified atom stereocenters. The van der Waals surface area contributed by atoms with Gasteiger partial charge >= 0.3 is 0 Å². The standard InChI is InChI=1S/C13H19N3O/c14-12-10(3-1-6-15-12)9-13(17)5-8-16-7-2-4-11(13)16/h1,3,6,11,17H,2,4-5,7-9H2,(H2,14,15). The molecule has 3 N–H and O–H groups in total. The highest BCUT2D eigenvalue weighted by atomic mass is 16.3. The molecule has 17 heavy (non-hydrogen) atoms. The molecule has 0 bridgehead atoms. The van der Waals surface area contributed by atoms with Crippen molar-refractivity contribution in [2.24, 2.45) is 0 Å². The third-order valence-corrected chi connectivity index (χ3v) is 4.24. The first kappa shape index (κ1) is 11.0. The van der Waals surface area contributed by atoms with Gasteiger partial charge in [0.1, 0.15) is 5.82 Å². The van der Waals surface area contributed by atoms with E-state index in [2.05, 4.69) is 9.88 Å². The molecule has 0 amide bonds. The molecule has 0 saturated carbocycles. The van der Waals surface area contributed by atoms with Crippen LogP contribution in [-0.2, 0) is 6.42 Å². The van der Waals surface area contributed by atoms with Crippen LogP contribution < -0.4 is 5.73 Å². The number of aliphatic hydroxyl groups is 1. The second kappa shape index (κ2) is 3.96. The Morgan fingerprint density at radius 3 is 3.24 bits per heavy atom. The molecular weight excluding hydrogens is 214 g/mol. The summed E-state index contributed by atoms with van der Waals surface area (Å²) in [4.78, 5) is 6.50. The minimum absolute atomic E-state index is 0.321. The molecule has 2 saturated heterocycles. The first-order valence-corrected chi connectivity index (χ1v) is 6.35. The van der Waals surface area contributed by atoms with Crippen LogP contribution in [0.1, 0.15) is 24.8 Å². The zero-order valence-electron chi connectivity index (χ0n) is 9.97. The van der Waals surface area contributed by atoms with Crippen molar-refractivity contribution >= 4 is 5.82 Å². The third-order valence-electron chi connectivity index (χ3n) is 4.24. The van der Waals surface area contributed by atoms with Crippen molar-refractivity contribution < 1.29 is 5.11 Å². The van der Waals surface area contributed by atoms with Crippen molar-refractivity contribution in [3.8, 4) is 0 Å². The fourth-order valence-electron chi connectivity index (χ4n) is 3.34. The van der Waals surface area contributed by atoms with Gasteiger partial charge in [-0.05, 0) is 37.4 Å². The third kappa shape index (κ3) is 1.81. The maximum atomic E-state index is 10.8. The van der Waals surface area contributed by atoms with E-state index in [1.54, 1.807) is 6.20 Å². The normalized spacial score (nSPS) is 32.9. The Bertz CT molecular complexity index is 423. The Labute approximate surface area is 101 Å². The summed E-state index contributed by atoms with van der Waals surface area (Å²) in [5, 5.41) is 10.8. The van der Waals surface area contributed by atoms with E-state index in [0.717, 1.165) is 31.5 Å². The smallest absolute Gasteiger partial charge is 0.126 e. The minimum Gasteiger partial charge on any atom is -0.388 e. The molecule has 0 aliphatic carbocycles. The number of anilines is 1. The average molecular weight is 233 g/mol. The van der Waals surface area contributed by atoms with Crippen LogP contribution in [-0.4, -0.2) is 39.7 Å². The molecule has 2 fully saturated rings. The van der Waals surface area contributed by atoms with Crippen LogP contribution in [0.5, 0.6) is 0 Å². The van der Waals surface area contributed by atoms with Gasteiger partial charge in [0.15, 0.2) is 0 Å². The van der Waals surface area contributed by atoms with Crippen molar-refractivity contribution in [2.75, 3.05) is 18.8 Å². The fourth-order valence-corrected chi connectivity index (χ4v) is 3.34. The second-order valence-electron chi connectivity index (χ2n) is 5.27. The molecule has 4 nitrogen and oxygen atoms in total. The average Bonchev–Trinajstić information content (AvgIpc) is 2.88. The van der Waals surface area contributed by atoms with Crippen molar-refractivity contribution in [3.05, 3.63) is 23.9 Å². The van der Waals surface area contributed by atoms with Gasteiger partial charge in [0.05, 0.1) is 5.60 Å². The first-order chi connectivity index (χ1) is 8.19. The number of pyridine rings is 1. The number of rotatable bonds is 2. The molecule has 1 aromatic rings. The summed E-state index contributed by atoms with van der Waals surface area (Å²) in [6, 6.07) is 4.18. The number of hydrogen-bond donors (Lipinski definition) is 2. The van der Waals surface area contributed by atoms with Gasteiger partial charge in [0.2, 0.25) is 0 Å². The van der Waals surface area contributed by atoms with Gasteiger partial charge in [-0.3, -0.25) is 4.90 Å². The summed E-state index contributed by atoms with van der Waals surface area (Å²) >= 11 is 0. The summed E-state index contributed by atoms with van der Waals surface area (Å²) < 4.78 is 0. The summed E-state index contributed by atoms with van der Waals surface area (Å²) in [6.07, 6.45) is 5.49. The topological polar surface area (TPSA) is 62.4 Å². The number of fused-ring (bicyclic) bond motifs is 1. The zero-order chi connectivity index (χ0) is 11.9. The maximum Gasteiger partial charge on any atom is 0.126 e. The van der Waals surface area contributed by atoms with Crippen molar-refractivity contribution in [1.29, 1.82) is 0 Å². The number of nitrogen functional groups attached to an aromatic ring is 1. The summed E-state index contributed by atoms with van der Waals surface area (Å²) in [6.45, 7) is 2.15. The Balaban J connectivity index is 1.83. The van der Waals surface area contributed by atoms with Crippen molar-refractivity contribution in [3.63, 3.8) is 0 Å². The van der Waals surface area contributed by atoms with Crippen LogP contribution in [0.15, 0.2) is 18.3 Å². The van der Waals surface area contributed by atoms with Gasteiger partial charge in [0, 0.05) is 25.2 Å². The molecule has 1 aromatic heterocycles. The van der Waals surface area contributed by atoms with E-state index in [1.165, 1.54) is 6.42 Å². The van der Waals surface area contributed by atoms with E-state index in [-0.39, 0.29) is 0 Å². The van der Waals surface area contributed by atoms with E-state index in [0.29, 0.717) is 18.3 Å². The largest absolute Gasteiger partial charge is 0.388 e. The predicted molar refractivity (Wildman–Crippen MR) is 66.5 cm³/mol. The molecule has 0 radical (unpaired) electrons. The molecule has 2 aliphatic heterocycles. The Kier molecular flexibility index (Phi) is 2.56. The van der Waals surface area contributed by atoms with Gasteiger partial charge in [-0.25, -0.2) is 4.98 Å². The highest BCUT2D eigenvalue weighted by Gasteiger charge is 2.47. The van der Waals surface area contributed by atoms with E-state index in [9.17, 15) is 5.11 Å². The minimum atomic E-state index is -0.604. The molecule has 3 heterocycles. The predicted octanol–water partition coefficient (Wildman–Crippen LogP) is 0.805. The lowest BCUT2D eigenvalue weighted by molar-refractivity contribution is 0.0142. The van der Waals surface area contributed by atoms with Crippen molar-refractivity contribution in [1.82, 2.24) is 9.88 Å². The van der Waals surface area contributed by atoms with E-state index in [4.69, 9.17) is 5.73 Å². The number of aromatic nitrogens is 1. The van der Waals surface area contributed by atoms with Crippen LogP contribution >= 0.6 is 0 Å². The molecule has 2 aliphatic rings. The van der Waals surface area contributed by atoms with Gasteiger partial charge < -0.3 is 10.8 Å². The van der Waals surface area contributed by atoms with Crippen molar-refractivity contribution in [2.45, 2.75) is 37.3 Å². The lowest BCUT2D eigenvalue weighted by Gasteiger charge is -2.30. The van der Waals surface area contributed by atoms with Crippen LogP contribution in [0.2, 0.25) is 0 Å². The van der Waals surface area contributed by atoms with Crippen LogP contribution in [0.25, 0.3) is 0 Å². The van der Waals surface area contributed by atoms with Crippen LogP contribution in [0.4, 0.5) is 5.82 Å². The Morgan fingerprint density at radius 1 is 1.53 bits per heavy atom. The molecule has 0 aromatic carbocycles. The Morgan fingerprint density at radius 2 is 2.41 bits per heavy atom. The van der Waals surface area contributed by atoms with E-state index in [1.807, 2.05) is 12.1 Å². The molecule has 2 atom stereocenters. The molecule has 3 rings (SSSR count). The molecule has 92 valence electrons. The summed E-state index contributed by atoms with van der Waals surface area (Å²) in [7, 11) is 0. The fraction of sp³-hybridized carbons (Fsp3) is 0.615. The van der Waals surface area contributed by atoms with Gasteiger partial charge in [-0.15, -0.1) is 0 Å². The lowest BCUT2D eigenvalue weighted by Crippen LogP contribution is -2.43. The van der Waals surface area contributed by atoms with Gasteiger partial charge in [-0.1, -0.05) is 6.07 Å². The summed E-state index contributed by atoms with van der Waals surface area (Å²) in [5.41, 5.74) is 6.23. The first-order valence-electron chi connectivity index (χ1n) is 6.35. The zero-order valence-corrected chi connectivity index (χ0v) is 9.97. The highest BCUT2D eigenvalue weighted by molar-refractivity contribution is 5.39. The number of hydrogen-bond acceptors (Lipinski definition) is 4. The molecule has 0 spiro atoms. The molecular formula is C13H19N3O. The summed E-state index contributed by atoms with van der Waals surface area (Å²) in [5.74, 6) is 0.553. The highest BCUT2D eigenvalue weighted by Crippen LogP contribution is 2.38. The van der Waals surface area contributed by atoms with Gasteiger partial charge in [0.25, 0.3) is 0 Å². The maximum absolute atomic E-state index is 10.8. The van der Waals surface area contributed by atoms with E-state index >= 15 is 0 Å². The second-order valence-corrected chi connectivity index (χ2v) is 5.27. The SMILES string of the molecule is Nc1ncccc1CC1(O)CCN2CCCC21. The Hall–Kier alpha value is -1.13. The number of nitrogens with two attached hydrogens (primary N) is 1. The molecule has 4 heteroatoms. The van der Waals surface area contributed by atoms with Gasteiger partial charge in [-0.2, -0.15) is 0 Å². The number of nitrogens with zero attached hydrogens (tertiary/aromatic N) is 2. The van der Waals surface area contributed by atoms with E-state index < -0.39 is 5.60 Å². The monoisotopic (exact) mass is 233 g/mol.